The van der Waals surface area contributed by atoms with Gasteiger partial charge in [-0.15, -0.1) is 0 Å². The Balaban J connectivity index is 1.78. The van der Waals surface area contributed by atoms with Crippen LogP contribution < -0.4 is 9.64 Å². The minimum atomic E-state index is -0.595. The van der Waals surface area contributed by atoms with Gasteiger partial charge in [0.15, 0.2) is 0 Å². The number of amidine groups is 1. The third kappa shape index (κ3) is 3.08. The Morgan fingerprint density at radius 3 is 2.83 bits per heavy atom. The molecule has 29 heavy (non-hydrogen) atoms. The summed E-state index contributed by atoms with van der Waals surface area (Å²) < 4.78 is 7.38. The van der Waals surface area contributed by atoms with E-state index < -0.39 is 6.04 Å². The van der Waals surface area contributed by atoms with Crippen LogP contribution in [0.5, 0.6) is 5.75 Å². The fourth-order valence-electron chi connectivity index (χ4n) is 4.11. The van der Waals surface area contributed by atoms with E-state index >= 15 is 0 Å². The molecule has 0 bridgehead atoms. The van der Waals surface area contributed by atoms with E-state index in [4.69, 9.17) is 9.73 Å². The highest BCUT2D eigenvalue weighted by molar-refractivity contribution is 6.24. The lowest BCUT2D eigenvalue weighted by Crippen LogP contribution is -2.63. The van der Waals surface area contributed by atoms with Crippen molar-refractivity contribution in [2.75, 3.05) is 38.7 Å². The lowest BCUT2D eigenvalue weighted by Gasteiger charge is -2.35. The van der Waals surface area contributed by atoms with Crippen LogP contribution in [0.25, 0.3) is 0 Å². The molecule has 8 nitrogen and oxygen atoms in total. The number of nitrogens with zero attached hydrogens (tertiary/aromatic N) is 5. The topological polar surface area (TPSA) is 68.5 Å². The van der Waals surface area contributed by atoms with Gasteiger partial charge < -0.3 is 4.74 Å². The van der Waals surface area contributed by atoms with Crippen molar-refractivity contribution in [2.45, 2.75) is 19.9 Å². The van der Waals surface area contributed by atoms with Gasteiger partial charge in [-0.2, -0.15) is 0 Å². The fraction of sp³-hybridized carbons (Fsp3) is 0.429. The zero-order valence-electron chi connectivity index (χ0n) is 17.3. The summed E-state index contributed by atoms with van der Waals surface area (Å²) >= 11 is 0. The number of rotatable bonds is 4. The van der Waals surface area contributed by atoms with Gasteiger partial charge in [-0.05, 0) is 19.1 Å². The van der Waals surface area contributed by atoms with Crippen molar-refractivity contribution in [1.82, 2.24) is 9.80 Å². The first-order valence-corrected chi connectivity index (χ1v) is 9.69. The van der Waals surface area contributed by atoms with Crippen molar-refractivity contribution in [2.24, 2.45) is 10.9 Å². The first kappa shape index (κ1) is 19.2. The number of hydrogen-bond donors (Lipinski definition) is 0. The van der Waals surface area contributed by atoms with E-state index in [9.17, 15) is 9.59 Å². The largest absolute Gasteiger partial charge is 0.497 e. The van der Waals surface area contributed by atoms with Crippen molar-refractivity contribution in [3.63, 3.8) is 0 Å². The molecule has 0 aliphatic carbocycles. The van der Waals surface area contributed by atoms with Crippen LogP contribution >= 0.6 is 0 Å². The lowest BCUT2D eigenvalue weighted by atomic mass is 10.1. The summed E-state index contributed by atoms with van der Waals surface area (Å²) in [4.78, 5) is 35.6. The average molecular weight is 396 g/mol. The molecule has 2 unspecified atom stereocenters. The van der Waals surface area contributed by atoms with Crippen LogP contribution in [-0.2, 0) is 4.79 Å². The Labute approximate surface area is 170 Å². The number of likely N-dealkylation sites (N-methyl/N-ethyl adjacent to an activating group) is 1. The molecule has 0 saturated carbocycles. The third-order valence-corrected chi connectivity index (χ3v) is 5.43. The third-order valence-electron chi connectivity index (χ3n) is 5.43. The van der Waals surface area contributed by atoms with Crippen molar-refractivity contribution in [3.05, 3.63) is 36.4 Å². The van der Waals surface area contributed by atoms with Gasteiger partial charge >= 0.3 is 12.0 Å². The van der Waals surface area contributed by atoms with E-state index in [2.05, 4.69) is 18.4 Å². The van der Waals surface area contributed by atoms with Gasteiger partial charge in [0.05, 0.1) is 26.7 Å². The molecule has 152 valence electrons. The second-order valence-corrected chi connectivity index (χ2v) is 7.97. The number of fused-ring (bicyclic) bond motifs is 2. The molecule has 4 rings (SSSR count). The highest BCUT2D eigenvalue weighted by atomic mass is 16.5. The minimum Gasteiger partial charge on any atom is -0.497 e. The Morgan fingerprint density at radius 1 is 1.38 bits per heavy atom. The molecule has 3 aliphatic rings. The molecular formula is C21H26N5O3+. The van der Waals surface area contributed by atoms with Crippen molar-refractivity contribution in [1.29, 1.82) is 0 Å². The quantitative estimate of drug-likeness (QED) is 0.575. The molecule has 1 aromatic carbocycles. The van der Waals surface area contributed by atoms with Crippen LogP contribution in [0.3, 0.4) is 0 Å². The standard InChI is InChI=1S/C21H26N5O3/c1-13(2)10-26-19(27)17-18(23(4)21(26)28)22-20-24(11-14(3)12-25(17)20)15-7-6-8-16(9-15)29-5/h6-9,14,17H,1,10-12H2,2-5H3/q+1. The highest BCUT2D eigenvalue weighted by Gasteiger charge is 2.55. The zero-order chi connectivity index (χ0) is 20.9. The zero-order valence-corrected chi connectivity index (χ0v) is 17.3. The molecule has 0 N–H and O–H groups in total. The molecule has 0 radical (unpaired) electrons. The minimum absolute atomic E-state index is 0.212. The summed E-state index contributed by atoms with van der Waals surface area (Å²) in [6.45, 7) is 9.49. The number of methoxy groups -OCH3 is 1. The Morgan fingerprint density at radius 2 is 2.14 bits per heavy atom. The fourth-order valence-corrected chi connectivity index (χ4v) is 4.11. The van der Waals surface area contributed by atoms with Gasteiger partial charge in [0.25, 0.3) is 5.91 Å². The summed E-state index contributed by atoms with van der Waals surface area (Å²) in [6.07, 6.45) is 0. The average Bonchev–Trinajstić information content (AvgIpc) is 3.08. The molecule has 3 amide bonds. The van der Waals surface area contributed by atoms with Crippen LogP contribution in [0.15, 0.2) is 41.4 Å². The number of benzene rings is 1. The molecule has 0 aromatic heterocycles. The SMILES string of the molecule is C=C(C)CN1C(=O)C2C(=NC3=[N+]2CC(C)CN3c2cccc(OC)c2)N(C)C1=O. The number of carbonyl (C=O) groups is 2. The summed E-state index contributed by atoms with van der Waals surface area (Å²) in [5.74, 6) is 2.00. The van der Waals surface area contributed by atoms with Crippen molar-refractivity contribution in [3.8, 4) is 5.75 Å². The number of anilines is 1. The molecular weight excluding hydrogens is 370 g/mol. The summed E-state index contributed by atoms with van der Waals surface area (Å²) in [5.41, 5.74) is 1.70. The van der Waals surface area contributed by atoms with Crippen LogP contribution in [0.1, 0.15) is 13.8 Å². The lowest BCUT2D eigenvalue weighted by molar-refractivity contribution is -0.545. The van der Waals surface area contributed by atoms with Crippen LogP contribution in [-0.4, -0.2) is 77.9 Å². The van der Waals surface area contributed by atoms with Crippen LogP contribution in [0, 0.1) is 5.92 Å². The normalized spacial score (nSPS) is 23.9. The van der Waals surface area contributed by atoms with Gasteiger partial charge in [0.1, 0.15) is 11.4 Å². The molecule has 8 heteroatoms. The van der Waals surface area contributed by atoms with Gasteiger partial charge in [0, 0.05) is 19.0 Å². The maximum atomic E-state index is 13.3. The van der Waals surface area contributed by atoms with E-state index in [1.54, 1.807) is 14.2 Å². The monoisotopic (exact) mass is 396 g/mol. The number of urea groups is 1. The van der Waals surface area contributed by atoms with E-state index in [1.165, 1.54) is 9.80 Å². The number of guanidine groups is 1. The number of ether oxygens (including phenoxy) is 1. The molecule has 3 heterocycles. The van der Waals surface area contributed by atoms with Crippen molar-refractivity contribution >= 4 is 29.4 Å². The number of carbonyl (C=O) groups excluding carboxylic acids is 2. The first-order valence-electron chi connectivity index (χ1n) is 9.69. The molecule has 1 fully saturated rings. The molecule has 3 aliphatic heterocycles. The Kier molecular flexibility index (Phi) is 4.64. The second-order valence-electron chi connectivity index (χ2n) is 7.97. The molecule has 1 aromatic rings. The maximum Gasteiger partial charge on any atom is 0.397 e. The predicted octanol–water partition coefficient (Wildman–Crippen LogP) is 1.77. The summed E-state index contributed by atoms with van der Waals surface area (Å²) in [5, 5.41) is 0. The molecule has 0 spiro atoms. The van der Waals surface area contributed by atoms with Gasteiger partial charge in [-0.3, -0.25) is 14.6 Å². The van der Waals surface area contributed by atoms with Gasteiger partial charge in [-0.25, -0.2) is 14.3 Å². The second kappa shape index (κ2) is 7.02. The van der Waals surface area contributed by atoms with Crippen LogP contribution in [0.2, 0.25) is 0 Å². The Bertz CT molecular complexity index is 967. The van der Waals surface area contributed by atoms with E-state index in [-0.39, 0.29) is 18.5 Å². The van der Waals surface area contributed by atoms with Crippen LogP contribution in [0.4, 0.5) is 10.5 Å². The number of amides is 3. The van der Waals surface area contributed by atoms with Crippen molar-refractivity contribution < 1.29 is 18.9 Å². The van der Waals surface area contributed by atoms with Gasteiger partial charge in [-0.1, -0.05) is 30.1 Å². The number of hydrogen-bond acceptors (Lipinski definition) is 5. The van der Waals surface area contributed by atoms with E-state index in [0.29, 0.717) is 24.3 Å². The predicted molar refractivity (Wildman–Crippen MR) is 111 cm³/mol. The Hall–Kier alpha value is -3.16. The maximum absolute atomic E-state index is 13.3. The van der Waals surface area contributed by atoms with Gasteiger partial charge in [0.2, 0.25) is 11.9 Å². The first-order chi connectivity index (χ1) is 13.8. The smallest absolute Gasteiger partial charge is 0.397 e. The number of aliphatic imine (C=N–C) groups is 1. The molecule has 1 saturated heterocycles. The van der Waals surface area contributed by atoms with E-state index in [0.717, 1.165) is 23.6 Å². The summed E-state index contributed by atoms with van der Waals surface area (Å²) in [6, 6.07) is 6.82. The number of imide groups is 1. The summed E-state index contributed by atoms with van der Waals surface area (Å²) in [7, 11) is 3.31. The van der Waals surface area contributed by atoms with E-state index in [1.807, 2.05) is 35.8 Å². The molecule has 2 atom stereocenters. The highest BCUT2D eigenvalue weighted by Crippen LogP contribution is 2.29.